The summed E-state index contributed by atoms with van der Waals surface area (Å²) in [6.45, 7) is 8.74. The van der Waals surface area contributed by atoms with Gasteiger partial charge in [0.15, 0.2) is 0 Å². The van der Waals surface area contributed by atoms with E-state index in [2.05, 4.69) is 22.2 Å². The maximum atomic E-state index is 13.8. The highest BCUT2D eigenvalue weighted by Gasteiger charge is 2.13. The zero-order chi connectivity index (χ0) is 15.4. The molecule has 1 aromatic heterocycles. The van der Waals surface area contributed by atoms with Crippen LogP contribution in [0.3, 0.4) is 0 Å². The quantitative estimate of drug-likeness (QED) is 0.891. The van der Waals surface area contributed by atoms with Crippen LogP contribution in [0.5, 0.6) is 0 Å². The zero-order valence-corrected chi connectivity index (χ0v) is 13.1. The van der Waals surface area contributed by atoms with E-state index in [4.69, 9.17) is 0 Å². The van der Waals surface area contributed by atoms with Crippen LogP contribution in [0.25, 0.3) is 11.3 Å². The van der Waals surface area contributed by atoms with E-state index in [0.29, 0.717) is 5.56 Å². The summed E-state index contributed by atoms with van der Waals surface area (Å²) in [4.78, 5) is 9.12. The van der Waals surface area contributed by atoms with Gasteiger partial charge in [0, 0.05) is 24.1 Å². The van der Waals surface area contributed by atoms with Crippen molar-refractivity contribution in [2.45, 2.75) is 40.5 Å². The second kappa shape index (κ2) is 6.66. The Morgan fingerprint density at radius 2 is 1.90 bits per heavy atom. The van der Waals surface area contributed by atoms with Gasteiger partial charge >= 0.3 is 0 Å². The fourth-order valence-electron chi connectivity index (χ4n) is 2.16. The van der Waals surface area contributed by atoms with Crippen LogP contribution in [0.4, 0.5) is 10.2 Å². The first kappa shape index (κ1) is 15.4. The van der Waals surface area contributed by atoms with E-state index in [1.165, 1.54) is 0 Å². The van der Waals surface area contributed by atoms with Crippen LogP contribution < -0.4 is 5.32 Å². The molecule has 112 valence electrons. The van der Waals surface area contributed by atoms with Gasteiger partial charge in [-0.15, -0.1) is 0 Å². The molecule has 0 bridgehead atoms. The molecule has 2 aromatic rings. The van der Waals surface area contributed by atoms with E-state index in [-0.39, 0.29) is 5.82 Å². The fraction of sp³-hybridized carbons (Fsp3) is 0.412. The molecule has 0 saturated heterocycles. The van der Waals surface area contributed by atoms with E-state index in [1.807, 2.05) is 19.9 Å². The summed E-state index contributed by atoms with van der Waals surface area (Å²) in [5.74, 6) is 1.42. The van der Waals surface area contributed by atoms with Crippen LogP contribution in [0, 0.1) is 19.7 Å². The topological polar surface area (TPSA) is 37.8 Å². The molecular formula is C17H22FN3. The number of benzene rings is 1. The number of hydrogen-bond donors (Lipinski definition) is 1. The second-order valence-electron chi connectivity index (χ2n) is 5.21. The van der Waals surface area contributed by atoms with Gasteiger partial charge in [0.25, 0.3) is 0 Å². The Bertz CT molecular complexity index is 638. The van der Waals surface area contributed by atoms with Gasteiger partial charge in [0.1, 0.15) is 17.5 Å². The lowest BCUT2D eigenvalue weighted by Crippen LogP contribution is -2.08. The molecule has 4 heteroatoms. The third kappa shape index (κ3) is 3.38. The van der Waals surface area contributed by atoms with Gasteiger partial charge in [0.2, 0.25) is 0 Å². The molecule has 0 spiro atoms. The van der Waals surface area contributed by atoms with Crippen molar-refractivity contribution in [2.75, 3.05) is 11.9 Å². The van der Waals surface area contributed by atoms with Crippen molar-refractivity contribution in [1.29, 1.82) is 0 Å². The molecule has 0 amide bonds. The van der Waals surface area contributed by atoms with E-state index in [1.54, 1.807) is 19.1 Å². The van der Waals surface area contributed by atoms with Gasteiger partial charge in [-0.25, -0.2) is 14.4 Å². The van der Waals surface area contributed by atoms with Gasteiger partial charge in [-0.2, -0.15) is 0 Å². The van der Waals surface area contributed by atoms with Gasteiger partial charge in [0.05, 0.1) is 5.69 Å². The van der Waals surface area contributed by atoms with Crippen molar-refractivity contribution in [3.05, 3.63) is 41.0 Å². The molecule has 0 radical (unpaired) electrons. The molecule has 0 aliphatic heterocycles. The average molecular weight is 287 g/mol. The lowest BCUT2D eigenvalue weighted by atomic mass is 10.0. The molecule has 21 heavy (non-hydrogen) atoms. The number of hydrogen-bond acceptors (Lipinski definition) is 3. The van der Waals surface area contributed by atoms with Gasteiger partial charge in [-0.05, 0) is 31.9 Å². The first-order valence-corrected chi connectivity index (χ1v) is 7.44. The zero-order valence-electron chi connectivity index (χ0n) is 13.1. The molecule has 2 rings (SSSR count). The molecule has 0 atom stereocenters. The predicted octanol–water partition coefficient (Wildman–Crippen LogP) is 4.28. The molecule has 0 unspecified atom stereocenters. The summed E-state index contributed by atoms with van der Waals surface area (Å²) >= 11 is 0. The molecule has 1 heterocycles. The maximum absolute atomic E-state index is 13.8. The number of aryl methyl sites for hydroxylation is 2. The summed E-state index contributed by atoms with van der Waals surface area (Å²) < 4.78 is 13.8. The van der Waals surface area contributed by atoms with Crippen LogP contribution >= 0.6 is 0 Å². The van der Waals surface area contributed by atoms with Gasteiger partial charge in [-0.3, -0.25) is 0 Å². The lowest BCUT2D eigenvalue weighted by molar-refractivity contribution is 0.619. The number of aromatic nitrogens is 2. The molecule has 0 aliphatic rings. The number of rotatable bonds is 5. The van der Waals surface area contributed by atoms with Crippen LogP contribution in [-0.2, 0) is 6.42 Å². The van der Waals surface area contributed by atoms with Crippen molar-refractivity contribution in [1.82, 2.24) is 9.97 Å². The minimum Gasteiger partial charge on any atom is -0.370 e. The smallest absolute Gasteiger partial charge is 0.133 e. The largest absolute Gasteiger partial charge is 0.370 e. The van der Waals surface area contributed by atoms with E-state index >= 15 is 0 Å². The van der Waals surface area contributed by atoms with Crippen molar-refractivity contribution in [2.24, 2.45) is 0 Å². The maximum Gasteiger partial charge on any atom is 0.133 e. The predicted molar refractivity (Wildman–Crippen MR) is 85.1 cm³/mol. The highest BCUT2D eigenvalue weighted by Crippen LogP contribution is 2.27. The Labute approximate surface area is 125 Å². The average Bonchev–Trinajstić information content (AvgIpc) is 2.49. The van der Waals surface area contributed by atoms with Crippen LogP contribution in [0.1, 0.15) is 37.2 Å². The van der Waals surface area contributed by atoms with Crippen molar-refractivity contribution >= 4 is 5.82 Å². The molecule has 0 fully saturated rings. The highest BCUT2D eigenvalue weighted by atomic mass is 19.1. The summed E-state index contributed by atoms with van der Waals surface area (Å²) in [7, 11) is 0. The number of halogens is 1. The summed E-state index contributed by atoms with van der Waals surface area (Å²) in [5.41, 5.74) is 3.21. The van der Waals surface area contributed by atoms with Crippen LogP contribution in [0.15, 0.2) is 18.2 Å². The summed E-state index contributed by atoms with van der Waals surface area (Å²) in [5, 5.41) is 3.33. The first-order chi connectivity index (χ1) is 10.1. The molecule has 1 N–H and O–H groups in total. The normalized spacial score (nSPS) is 10.7. The molecule has 0 saturated carbocycles. The van der Waals surface area contributed by atoms with Gasteiger partial charge < -0.3 is 5.32 Å². The molecule has 3 nitrogen and oxygen atoms in total. The standard InChI is InChI=1S/C17H22FN3/c1-5-9-19-17-12(4)16(20-15(6-2)21-17)13-8-7-11(3)14(18)10-13/h7-8,10H,5-6,9H2,1-4H3,(H,19,20,21). The third-order valence-electron chi connectivity index (χ3n) is 3.50. The summed E-state index contributed by atoms with van der Waals surface area (Å²) in [6.07, 6.45) is 1.78. The fourth-order valence-corrected chi connectivity index (χ4v) is 2.16. The monoisotopic (exact) mass is 287 g/mol. The number of anilines is 1. The van der Waals surface area contributed by atoms with E-state index < -0.39 is 0 Å². The number of nitrogens with zero attached hydrogens (tertiary/aromatic N) is 2. The lowest BCUT2D eigenvalue weighted by Gasteiger charge is -2.14. The molecule has 1 aromatic carbocycles. The molecule has 0 aliphatic carbocycles. The Balaban J connectivity index is 2.52. The molecular weight excluding hydrogens is 265 g/mol. The Kier molecular flexibility index (Phi) is 4.89. The van der Waals surface area contributed by atoms with Crippen molar-refractivity contribution in [3.63, 3.8) is 0 Å². The van der Waals surface area contributed by atoms with Gasteiger partial charge in [-0.1, -0.05) is 26.0 Å². The Morgan fingerprint density at radius 3 is 2.52 bits per heavy atom. The minimum absolute atomic E-state index is 0.202. The minimum atomic E-state index is -0.202. The Hall–Kier alpha value is -1.97. The van der Waals surface area contributed by atoms with E-state index in [9.17, 15) is 4.39 Å². The van der Waals surface area contributed by atoms with Crippen molar-refractivity contribution < 1.29 is 4.39 Å². The first-order valence-electron chi connectivity index (χ1n) is 7.44. The van der Waals surface area contributed by atoms with E-state index in [0.717, 1.165) is 47.8 Å². The second-order valence-corrected chi connectivity index (χ2v) is 5.21. The SMILES string of the molecule is CCCNc1nc(CC)nc(-c2ccc(C)c(F)c2)c1C. The number of nitrogens with one attached hydrogen (secondary N) is 1. The summed E-state index contributed by atoms with van der Waals surface area (Å²) in [6, 6.07) is 5.25. The third-order valence-corrected chi connectivity index (χ3v) is 3.50. The van der Waals surface area contributed by atoms with Crippen LogP contribution in [0.2, 0.25) is 0 Å². The Morgan fingerprint density at radius 1 is 1.14 bits per heavy atom. The van der Waals surface area contributed by atoms with Crippen molar-refractivity contribution in [3.8, 4) is 11.3 Å². The van der Waals surface area contributed by atoms with Crippen LogP contribution in [-0.4, -0.2) is 16.5 Å². The highest BCUT2D eigenvalue weighted by molar-refractivity contribution is 5.68.